The van der Waals surface area contributed by atoms with Crippen molar-refractivity contribution in [3.63, 3.8) is 0 Å². The SMILES string of the molecule is COC(=O)c1cc(NC(=O)c2cccc(OCc3cn4ccccc4n3)c2)cc(C(=O)OC)c1. The third-order valence-electron chi connectivity index (χ3n) is 4.93. The first-order chi connectivity index (χ1) is 16.5. The number of carbonyl (C=O) groups excluding carboxylic acids is 3. The van der Waals surface area contributed by atoms with Crippen molar-refractivity contribution in [3.8, 4) is 5.75 Å². The number of nitrogens with one attached hydrogen (secondary N) is 1. The molecule has 9 heteroatoms. The molecule has 0 unspecified atom stereocenters. The molecule has 0 radical (unpaired) electrons. The van der Waals surface area contributed by atoms with Gasteiger partial charge in [0, 0.05) is 23.6 Å². The van der Waals surface area contributed by atoms with Gasteiger partial charge in [0.25, 0.3) is 5.91 Å². The average Bonchev–Trinajstić information content (AvgIpc) is 3.29. The predicted molar refractivity (Wildman–Crippen MR) is 123 cm³/mol. The lowest BCUT2D eigenvalue weighted by molar-refractivity contribution is 0.0599. The summed E-state index contributed by atoms with van der Waals surface area (Å²) in [5.41, 5.74) is 2.33. The van der Waals surface area contributed by atoms with E-state index in [0.29, 0.717) is 11.3 Å². The number of rotatable bonds is 7. The fourth-order valence-electron chi connectivity index (χ4n) is 3.32. The Morgan fingerprint density at radius 3 is 2.29 bits per heavy atom. The Balaban J connectivity index is 1.49. The highest BCUT2D eigenvalue weighted by molar-refractivity contribution is 6.06. The van der Waals surface area contributed by atoms with Gasteiger partial charge in [-0.15, -0.1) is 0 Å². The molecule has 2 aromatic carbocycles. The fourth-order valence-corrected chi connectivity index (χ4v) is 3.32. The van der Waals surface area contributed by atoms with E-state index in [0.717, 1.165) is 11.3 Å². The van der Waals surface area contributed by atoms with Crippen LogP contribution < -0.4 is 10.1 Å². The van der Waals surface area contributed by atoms with Crippen LogP contribution in [0, 0.1) is 0 Å². The van der Waals surface area contributed by atoms with Gasteiger partial charge in [0.15, 0.2) is 0 Å². The molecule has 0 saturated carbocycles. The van der Waals surface area contributed by atoms with Crippen molar-refractivity contribution in [2.45, 2.75) is 6.61 Å². The maximum Gasteiger partial charge on any atom is 0.337 e. The topological polar surface area (TPSA) is 108 Å². The van der Waals surface area contributed by atoms with Crippen LogP contribution in [0.25, 0.3) is 5.65 Å². The van der Waals surface area contributed by atoms with E-state index in [9.17, 15) is 14.4 Å². The highest BCUT2D eigenvalue weighted by Gasteiger charge is 2.16. The van der Waals surface area contributed by atoms with Crippen LogP contribution in [0.5, 0.6) is 5.75 Å². The van der Waals surface area contributed by atoms with E-state index < -0.39 is 17.8 Å². The number of benzene rings is 2. The summed E-state index contributed by atoms with van der Waals surface area (Å²) in [6.07, 6.45) is 3.77. The zero-order valence-corrected chi connectivity index (χ0v) is 18.5. The van der Waals surface area contributed by atoms with E-state index in [-0.39, 0.29) is 23.4 Å². The van der Waals surface area contributed by atoms with Gasteiger partial charge in [-0.3, -0.25) is 4.79 Å². The minimum Gasteiger partial charge on any atom is -0.487 e. The highest BCUT2D eigenvalue weighted by atomic mass is 16.5. The molecule has 4 aromatic rings. The fraction of sp³-hybridized carbons (Fsp3) is 0.120. The maximum absolute atomic E-state index is 12.8. The number of fused-ring (bicyclic) bond motifs is 1. The van der Waals surface area contributed by atoms with E-state index in [1.54, 1.807) is 24.3 Å². The minimum absolute atomic E-state index is 0.102. The van der Waals surface area contributed by atoms with E-state index in [1.165, 1.54) is 32.4 Å². The third kappa shape index (κ3) is 5.04. The molecule has 1 N–H and O–H groups in total. The molecule has 0 bridgehead atoms. The van der Waals surface area contributed by atoms with Gasteiger partial charge in [0.05, 0.1) is 31.0 Å². The van der Waals surface area contributed by atoms with Crippen LogP contribution in [0.15, 0.2) is 73.1 Å². The number of esters is 2. The molecule has 0 spiro atoms. The smallest absolute Gasteiger partial charge is 0.337 e. The first-order valence-corrected chi connectivity index (χ1v) is 10.3. The van der Waals surface area contributed by atoms with Crippen molar-refractivity contribution < 1.29 is 28.6 Å². The van der Waals surface area contributed by atoms with Crippen LogP contribution in [0.1, 0.15) is 36.8 Å². The Morgan fingerprint density at radius 2 is 1.62 bits per heavy atom. The summed E-state index contributed by atoms with van der Waals surface area (Å²) in [6.45, 7) is 0.233. The Kier molecular flexibility index (Phi) is 6.54. The number of hydrogen-bond donors (Lipinski definition) is 1. The molecule has 4 rings (SSSR count). The standard InChI is InChI=1S/C25H21N3O6/c1-32-24(30)17-10-18(25(31)33-2)12-19(11-17)27-23(29)16-6-5-7-21(13-16)34-15-20-14-28-9-4-3-8-22(28)26-20/h3-14H,15H2,1-2H3,(H,27,29). The number of carbonyl (C=O) groups is 3. The number of hydrogen-bond acceptors (Lipinski definition) is 7. The summed E-state index contributed by atoms with van der Waals surface area (Å²) in [5.74, 6) is -1.26. The van der Waals surface area contributed by atoms with Gasteiger partial charge >= 0.3 is 11.9 Å². The summed E-state index contributed by atoms with van der Waals surface area (Å²) < 4.78 is 17.2. The normalized spacial score (nSPS) is 10.5. The summed E-state index contributed by atoms with van der Waals surface area (Å²) in [7, 11) is 2.45. The van der Waals surface area contributed by atoms with Gasteiger partial charge in [-0.25, -0.2) is 14.6 Å². The second-order valence-electron chi connectivity index (χ2n) is 7.25. The van der Waals surface area contributed by atoms with E-state index in [1.807, 2.05) is 35.0 Å². The number of imidazole rings is 1. The molecule has 2 heterocycles. The van der Waals surface area contributed by atoms with Crippen LogP contribution in [0.3, 0.4) is 0 Å². The lowest BCUT2D eigenvalue weighted by Crippen LogP contribution is -2.14. The number of nitrogens with zero attached hydrogens (tertiary/aromatic N) is 2. The van der Waals surface area contributed by atoms with Gasteiger partial charge in [0.1, 0.15) is 18.0 Å². The number of anilines is 1. The Labute approximate surface area is 194 Å². The molecule has 172 valence electrons. The molecule has 9 nitrogen and oxygen atoms in total. The van der Waals surface area contributed by atoms with E-state index in [2.05, 4.69) is 10.3 Å². The summed E-state index contributed by atoms with van der Waals surface area (Å²) in [6, 6.07) is 16.5. The molecule has 0 aliphatic rings. The van der Waals surface area contributed by atoms with Crippen molar-refractivity contribution in [1.82, 2.24) is 9.38 Å². The van der Waals surface area contributed by atoms with Gasteiger partial charge in [0.2, 0.25) is 0 Å². The van der Waals surface area contributed by atoms with Crippen LogP contribution in [-0.2, 0) is 16.1 Å². The lowest BCUT2D eigenvalue weighted by Gasteiger charge is -2.10. The number of pyridine rings is 1. The number of aromatic nitrogens is 2. The van der Waals surface area contributed by atoms with Crippen molar-refractivity contribution in [2.75, 3.05) is 19.5 Å². The van der Waals surface area contributed by atoms with Gasteiger partial charge in [-0.1, -0.05) is 12.1 Å². The van der Waals surface area contributed by atoms with Crippen molar-refractivity contribution in [3.05, 3.63) is 95.4 Å². The van der Waals surface area contributed by atoms with E-state index in [4.69, 9.17) is 14.2 Å². The first-order valence-electron chi connectivity index (χ1n) is 10.3. The van der Waals surface area contributed by atoms with E-state index >= 15 is 0 Å². The second-order valence-corrected chi connectivity index (χ2v) is 7.25. The quantitative estimate of drug-likeness (QED) is 0.420. The molecule has 0 saturated heterocycles. The molecule has 0 fully saturated rings. The van der Waals surface area contributed by atoms with Gasteiger partial charge in [-0.05, 0) is 48.5 Å². The van der Waals surface area contributed by atoms with Gasteiger partial charge < -0.3 is 23.9 Å². The van der Waals surface area contributed by atoms with Crippen LogP contribution in [0.2, 0.25) is 0 Å². The lowest BCUT2D eigenvalue weighted by atomic mass is 10.1. The zero-order chi connectivity index (χ0) is 24.1. The number of ether oxygens (including phenoxy) is 3. The first kappa shape index (κ1) is 22.5. The Bertz CT molecular complexity index is 1310. The van der Waals surface area contributed by atoms with Crippen molar-refractivity contribution in [2.24, 2.45) is 0 Å². The number of amides is 1. The van der Waals surface area contributed by atoms with Crippen molar-refractivity contribution in [1.29, 1.82) is 0 Å². The molecule has 0 atom stereocenters. The summed E-state index contributed by atoms with van der Waals surface area (Å²) >= 11 is 0. The van der Waals surface area contributed by atoms with Gasteiger partial charge in [-0.2, -0.15) is 0 Å². The second kappa shape index (κ2) is 9.86. The Morgan fingerprint density at radius 1 is 0.882 bits per heavy atom. The number of methoxy groups -OCH3 is 2. The maximum atomic E-state index is 12.8. The molecule has 0 aliphatic carbocycles. The van der Waals surface area contributed by atoms with Crippen molar-refractivity contribution >= 4 is 29.2 Å². The molecule has 2 aromatic heterocycles. The zero-order valence-electron chi connectivity index (χ0n) is 18.5. The molecule has 34 heavy (non-hydrogen) atoms. The third-order valence-corrected chi connectivity index (χ3v) is 4.93. The average molecular weight is 459 g/mol. The largest absolute Gasteiger partial charge is 0.487 e. The summed E-state index contributed by atoms with van der Waals surface area (Å²) in [5, 5.41) is 2.69. The monoisotopic (exact) mass is 459 g/mol. The van der Waals surface area contributed by atoms with Crippen LogP contribution >= 0.6 is 0 Å². The molecular formula is C25H21N3O6. The molecule has 1 amide bonds. The minimum atomic E-state index is -0.649. The molecular weight excluding hydrogens is 438 g/mol. The predicted octanol–water partition coefficient (Wildman–Crippen LogP) is 3.74. The highest BCUT2D eigenvalue weighted by Crippen LogP contribution is 2.20. The van der Waals surface area contributed by atoms with Crippen LogP contribution in [-0.4, -0.2) is 41.5 Å². The summed E-state index contributed by atoms with van der Waals surface area (Å²) in [4.78, 5) is 41.3. The van der Waals surface area contributed by atoms with Crippen LogP contribution in [0.4, 0.5) is 5.69 Å². The molecule has 0 aliphatic heterocycles. The Hall–Kier alpha value is -4.66.